The van der Waals surface area contributed by atoms with Gasteiger partial charge in [0.2, 0.25) is 0 Å². The van der Waals surface area contributed by atoms with Crippen LogP contribution in [0.4, 0.5) is 0 Å². The Labute approximate surface area is 109 Å². The average molecular weight is 256 g/mol. The zero-order valence-electron chi connectivity index (χ0n) is 10.7. The fourth-order valence-corrected chi connectivity index (χ4v) is 3.83. The molecule has 17 heavy (non-hydrogen) atoms. The van der Waals surface area contributed by atoms with Crippen molar-refractivity contribution in [2.45, 2.75) is 57.1 Å². The minimum Gasteiger partial charge on any atom is -0.392 e. The molecule has 1 saturated carbocycles. The van der Waals surface area contributed by atoms with Crippen LogP contribution < -0.4 is 5.73 Å². The first-order chi connectivity index (χ1) is 8.07. The van der Waals surface area contributed by atoms with E-state index in [1.165, 1.54) is 12.8 Å². The van der Waals surface area contributed by atoms with Crippen LogP contribution in [-0.2, 0) is 0 Å². The predicted molar refractivity (Wildman–Crippen MR) is 74.0 cm³/mol. The maximum atomic E-state index is 10.6. The molecule has 3 unspecified atom stereocenters. The Morgan fingerprint density at radius 1 is 1.53 bits per heavy atom. The number of hydrogen-bond acceptors (Lipinski definition) is 3. The SMILES string of the molecule is CCC(C(N)=S)N1CCC2(O)CCCCC2C1. The highest BCUT2D eigenvalue weighted by Crippen LogP contribution is 2.40. The predicted octanol–water partition coefficient (Wildman–Crippen LogP) is 1.68. The number of rotatable bonds is 3. The maximum Gasteiger partial charge on any atom is 0.0901 e. The monoisotopic (exact) mass is 256 g/mol. The van der Waals surface area contributed by atoms with E-state index in [0.29, 0.717) is 10.9 Å². The molecule has 4 heteroatoms. The third-order valence-electron chi connectivity index (χ3n) is 4.61. The van der Waals surface area contributed by atoms with Crippen LogP contribution in [0.15, 0.2) is 0 Å². The summed E-state index contributed by atoms with van der Waals surface area (Å²) in [6.45, 7) is 4.03. The van der Waals surface area contributed by atoms with Gasteiger partial charge in [0.05, 0.1) is 16.6 Å². The number of piperidine rings is 1. The van der Waals surface area contributed by atoms with Crippen LogP contribution in [0, 0.1) is 5.92 Å². The lowest BCUT2D eigenvalue weighted by Crippen LogP contribution is -2.57. The average Bonchev–Trinajstić information content (AvgIpc) is 2.29. The second-order valence-corrected chi connectivity index (χ2v) is 6.09. The lowest BCUT2D eigenvalue weighted by atomic mass is 9.71. The Balaban J connectivity index is 2.03. The molecule has 0 amide bonds. The Morgan fingerprint density at radius 2 is 2.29 bits per heavy atom. The van der Waals surface area contributed by atoms with Crippen molar-refractivity contribution < 1.29 is 5.11 Å². The topological polar surface area (TPSA) is 49.5 Å². The molecule has 98 valence electrons. The number of fused-ring (bicyclic) bond motifs is 1. The minimum atomic E-state index is -0.400. The highest BCUT2D eigenvalue weighted by molar-refractivity contribution is 7.80. The van der Waals surface area contributed by atoms with Gasteiger partial charge in [0.15, 0.2) is 0 Å². The van der Waals surface area contributed by atoms with Crippen molar-refractivity contribution in [1.29, 1.82) is 0 Å². The summed E-state index contributed by atoms with van der Waals surface area (Å²) >= 11 is 5.15. The number of nitrogens with two attached hydrogens (primary N) is 1. The summed E-state index contributed by atoms with van der Waals surface area (Å²) in [6.07, 6.45) is 6.43. The van der Waals surface area contributed by atoms with E-state index in [0.717, 1.165) is 38.8 Å². The molecule has 2 fully saturated rings. The largest absolute Gasteiger partial charge is 0.392 e. The second kappa shape index (κ2) is 5.21. The third kappa shape index (κ3) is 2.64. The first-order valence-corrected chi connectivity index (χ1v) is 7.23. The zero-order valence-corrected chi connectivity index (χ0v) is 11.5. The van der Waals surface area contributed by atoms with Gasteiger partial charge in [-0.05, 0) is 25.7 Å². The first-order valence-electron chi connectivity index (χ1n) is 6.82. The third-order valence-corrected chi connectivity index (χ3v) is 4.89. The Morgan fingerprint density at radius 3 is 2.94 bits per heavy atom. The Bertz CT molecular complexity index is 297. The molecule has 0 aromatic carbocycles. The van der Waals surface area contributed by atoms with E-state index in [1.54, 1.807) is 0 Å². The van der Waals surface area contributed by atoms with Gasteiger partial charge >= 0.3 is 0 Å². The van der Waals surface area contributed by atoms with Crippen LogP contribution in [-0.4, -0.2) is 39.7 Å². The summed E-state index contributed by atoms with van der Waals surface area (Å²) in [6, 6.07) is 0.219. The van der Waals surface area contributed by atoms with Gasteiger partial charge in [-0.25, -0.2) is 0 Å². The van der Waals surface area contributed by atoms with Crippen molar-refractivity contribution >= 4 is 17.2 Å². The van der Waals surface area contributed by atoms with E-state index in [9.17, 15) is 5.11 Å². The van der Waals surface area contributed by atoms with Gasteiger partial charge in [-0.15, -0.1) is 0 Å². The van der Waals surface area contributed by atoms with E-state index in [1.807, 2.05) is 0 Å². The van der Waals surface area contributed by atoms with Gasteiger partial charge in [-0.1, -0.05) is 32.0 Å². The van der Waals surface area contributed by atoms with Crippen LogP contribution in [0.25, 0.3) is 0 Å². The summed E-state index contributed by atoms with van der Waals surface area (Å²) in [4.78, 5) is 2.99. The smallest absolute Gasteiger partial charge is 0.0901 e. The molecule has 3 atom stereocenters. The van der Waals surface area contributed by atoms with Crippen LogP contribution >= 0.6 is 12.2 Å². The van der Waals surface area contributed by atoms with Crippen LogP contribution in [0.2, 0.25) is 0 Å². The number of likely N-dealkylation sites (tertiary alicyclic amines) is 1. The number of hydrogen-bond donors (Lipinski definition) is 2. The summed E-state index contributed by atoms with van der Waals surface area (Å²) in [5.74, 6) is 0.424. The van der Waals surface area contributed by atoms with Crippen molar-refractivity contribution in [2.24, 2.45) is 11.7 Å². The molecule has 3 nitrogen and oxygen atoms in total. The van der Waals surface area contributed by atoms with E-state index in [-0.39, 0.29) is 6.04 Å². The van der Waals surface area contributed by atoms with Crippen molar-refractivity contribution in [3.8, 4) is 0 Å². The van der Waals surface area contributed by atoms with Gasteiger partial charge in [0, 0.05) is 19.0 Å². The first kappa shape index (κ1) is 13.2. The molecule has 3 N–H and O–H groups in total. The molecule has 1 aliphatic heterocycles. The van der Waals surface area contributed by atoms with Crippen molar-refractivity contribution in [3.05, 3.63) is 0 Å². The quantitative estimate of drug-likeness (QED) is 0.754. The van der Waals surface area contributed by atoms with E-state index < -0.39 is 5.60 Å². The second-order valence-electron chi connectivity index (χ2n) is 5.62. The lowest BCUT2D eigenvalue weighted by Gasteiger charge is -2.49. The molecule has 2 rings (SSSR count). The molecule has 1 saturated heterocycles. The van der Waals surface area contributed by atoms with Crippen LogP contribution in [0.3, 0.4) is 0 Å². The van der Waals surface area contributed by atoms with Gasteiger partial charge in [0.25, 0.3) is 0 Å². The normalized spacial score (nSPS) is 36.2. The minimum absolute atomic E-state index is 0.219. The standard InChI is InChI=1S/C13H24N2OS/c1-2-11(12(14)17)15-8-7-13(16)6-4-3-5-10(13)9-15/h10-11,16H,2-9H2,1H3,(H2,14,17). The van der Waals surface area contributed by atoms with Crippen molar-refractivity contribution in [1.82, 2.24) is 4.90 Å². The van der Waals surface area contributed by atoms with Gasteiger partial charge in [0.1, 0.15) is 0 Å². The number of nitrogens with zero attached hydrogens (tertiary/aromatic N) is 1. The molecular weight excluding hydrogens is 232 g/mol. The van der Waals surface area contributed by atoms with Crippen LogP contribution in [0.1, 0.15) is 45.4 Å². The fourth-order valence-electron chi connectivity index (χ4n) is 3.52. The molecule has 0 spiro atoms. The van der Waals surface area contributed by atoms with Gasteiger partial charge in [-0.3, -0.25) is 4.90 Å². The molecular formula is C13H24N2OS. The van der Waals surface area contributed by atoms with E-state index in [2.05, 4.69) is 11.8 Å². The molecule has 0 aromatic heterocycles. The molecule has 1 heterocycles. The Kier molecular flexibility index (Phi) is 4.06. The fraction of sp³-hybridized carbons (Fsp3) is 0.923. The summed E-state index contributed by atoms with van der Waals surface area (Å²) in [7, 11) is 0. The highest BCUT2D eigenvalue weighted by Gasteiger charge is 2.43. The lowest BCUT2D eigenvalue weighted by molar-refractivity contribution is -0.0984. The molecule has 0 bridgehead atoms. The van der Waals surface area contributed by atoms with Gasteiger partial charge in [-0.2, -0.15) is 0 Å². The number of thiocarbonyl (C=S) groups is 1. The van der Waals surface area contributed by atoms with E-state index in [4.69, 9.17) is 18.0 Å². The summed E-state index contributed by atoms with van der Waals surface area (Å²) in [5, 5.41) is 10.6. The number of aliphatic hydroxyl groups is 1. The van der Waals surface area contributed by atoms with Crippen molar-refractivity contribution in [3.63, 3.8) is 0 Å². The highest BCUT2D eigenvalue weighted by atomic mass is 32.1. The molecule has 2 aliphatic rings. The zero-order chi connectivity index (χ0) is 12.5. The Hall–Kier alpha value is -0.190. The van der Waals surface area contributed by atoms with Crippen LogP contribution in [0.5, 0.6) is 0 Å². The summed E-state index contributed by atoms with van der Waals surface area (Å²) < 4.78 is 0. The molecule has 0 aromatic rings. The molecule has 1 aliphatic carbocycles. The summed E-state index contributed by atoms with van der Waals surface area (Å²) in [5.41, 5.74) is 5.41. The molecule has 0 radical (unpaired) electrons. The van der Waals surface area contributed by atoms with Gasteiger partial charge < -0.3 is 10.8 Å². The van der Waals surface area contributed by atoms with E-state index >= 15 is 0 Å². The van der Waals surface area contributed by atoms with Crippen molar-refractivity contribution in [2.75, 3.05) is 13.1 Å². The maximum absolute atomic E-state index is 10.6.